The lowest BCUT2D eigenvalue weighted by Gasteiger charge is -2.29. The van der Waals surface area contributed by atoms with Gasteiger partial charge in [0.25, 0.3) is 12.4 Å². The Bertz CT molecular complexity index is 808. The summed E-state index contributed by atoms with van der Waals surface area (Å²) in [6.45, 7) is 3.96. The van der Waals surface area contributed by atoms with Crippen molar-refractivity contribution in [1.82, 2.24) is 20.6 Å². The molecule has 4 N–H and O–H groups in total. The van der Waals surface area contributed by atoms with Crippen molar-refractivity contribution < 1.29 is 34.1 Å². The van der Waals surface area contributed by atoms with Crippen molar-refractivity contribution in [2.75, 3.05) is 13.2 Å². The molecule has 0 unspecified atom stereocenters. The number of ether oxygens (including phenoxy) is 2. The van der Waals surface area contributed by atoms with Crippen LogP contribution in [0.3, 0.4) is 0 Å². The molecule has 3 heterocycles. The number of hydrogen-bond acceptors (Lipinski definition) is 8. The molecule has 2 aliphatic heterocycles. The molecule has 0 radical (unpaired) electrons. The summed E-state index contributed by atoms with van der Waals surface area (Å²) in [5, 5.41) is 22.8. The van der Waals surface area contributed by atoms with E-state index in [0.29, 0.717) is 31.0 Å². The molecular weight excluding hydrogens is 420 g/mol. The third kappa shape index (κ3) is 5.78. The van der Waals surface area contributed by atoms with Crippen LogP contribution < -0.4 is 10.6 Å². The van der Waals surface area contributed by atoms with Crippen LogP contribution in [-0.2, 0) is 19.1 Å². The topological polar surface area (TPSA) is 160 Å². The fourth-order valence-electron chi connectivity index (χ4n) is 4.50. The maximum Gasteiger partial charge on any atom is 0.290 e. The quantitative estimate of drug-likeness (QED) is 0.453. The molecule has 1 aromatic heterocycles. The Kier molecular flexibility index (Phi) is 8.10. The number of aliphatic hydroxyl groups excluding tert-OH is 1. The second kappa shape index (κ2) is 10.8. The van der Waals surface area contributed by atoms with E-state index in [4.69, 9.17) is 19.4 Å². The Balaban J connectivity index is 0.000000913. The van der Waals surface area contributed by atoms with Crippen LogP contribution in [0, 0.1) is 19.8 Å². The van der Waals surface area contributed by atoms with E-state index in [-0.39, 0.29) is 55.1 Å². The van der Waals surface area contributed by atoms with Crippen molar-refractivity contribution in [3.05, 3.63) is 23.3 Å². The number of fused-ring (bicyclic) bond motifs is 1. The molecule has 1 aromatic rings. The van der Waals surface area contributed by atoms with Crippen LogP contribution in [0.25, 0.3) is 0 Å². The molecule has 32 heavy (non-hydrogen) atoms. The zero-order valence-corrected chi connectivity index (χ0v) is 18.2. The highest BCUT2D eigenvalue weighted by Gasteiger charge is 2.48. The summed E-state index contributed by atoms with van der Waals surface area (Å²) in [4.78, 5) is 41.9. The van der Waals surface area contributed by atoms with Crippen LogP contribution in [-0.4, -0.2) is 82.1 Å². The van der Waals surface area contributed by atoms with Crippen LogP contribution in [0.4, 0.5) is 0 Å². The largest absolute Gasteiger partial charge is 0.483 e. The normalized spacial score (nSPS) is 31.1. The van der Waals surface area contributed by atoms with Crippen LogP contribution in [0.15, 0.2) is 6.07 Å². The van der Waals surface area contributed by atoms with Crippen LogP contribution >= 0.6 is 0 Å². The van der Waals surface area contributed by atoms with E-state index in [9.17, 15) is 14.7 Å². The van der Waals surface area contributed by atoms with Crippen molar-refractivity contribution in [3.8, 4) is 0 Å². The first-order valence-corrected chi connectivity index (χ1v) is 10.7. The molecule has 3 aliphatic rings. The number of aliphatic hydroxyl groups is 1. The molecule has 1 saturated carbocycles. The first-order valence-electron chi connectivity index (χ1n) is 10.7. The number of aryl methyl sites for hydroxylation is 2. The zero-order valence-electron chi connectivity index (χ0n) is 18.2. The fourth-order valence-corrected chi connectivity index (χ4v) is 4.50. The Labute approximate surface area is 185 Å². The van der Waals surface area contributed by atoms with Gasteiger partial charge in [0.15, 0.2) is 0 Å². The molecular formula is C21H30N4O7. The number of nitrogens with zero attached hydrogens (tertiary/aromatic N) is 2. The van der Waals surface area contributed by atoms with E-state index >= 15 is 0 Å². The lowest BCUT2D eigenvalue weighted by Crippen LogP contribution is -2.48. The number of amides is 2. The van der Waals surface area contributed by atoms with Gasteiger partial charge in [0.1, 0.15) is 29.8 Å². The minimum Gasteiger partial charge on any atom is -0.483 e. The summed E-state index contributed by atoms with van der Waals surface area (Å²) >= 11 is 0. The highest BCUT2D eigenvalue weighted by atomic mass is 16.6. The lowest BCUT2D eigenvalue weighted by atomic mass is 9.85. The van der Waals surface area contributed by atoms with Crippen molar-refractivity contribution in [1.29, 1.82) is 0 Å². The number of nitrogens with one attached hydrogen (secondary N) is 2. The smallest absolute Gasteiger partial charge is 0.290 e. The van der Waals surface area contributed by atoms with E-state index in [0.717, 1.165) is 18.5 Å². The molecule has 11 heteroatoms. The van der Waals surface area contributed by atoms with Gasteiger partial charge in [-0.15, -0.1) is 0 Å². The molecule has 2 amide bonds. The molecule has 0 aromatic carbocycles. The Hall–Kier alpha value is -2.63. The highest BCUT2D eigenvalue weighted by Crippen LogP contribution is 2.29. The number of carbonyl (C=O) groups is 3. The summed E-state index contributed by atoms with van der Waals surface area (Å²) in [6, 6.07) is 1.50. The molecule has 176 valence electrons. The number of aromatic nitrogens is 2. The number of hydrogen-bond donors (Lipinski definition) is 4. The standard InChI is InChI=1S/C20H28N4O5.CH2O2/c1-10-7-14(22-11(2)21-10)20(27)23-13-5-3-12(4-6-13)19(26)24-15-8-28-18-16(25)9-29-17(15)18;2-1-3/h7,12-13,15-18,25H,3-6,8-9H2,1-2H3,(H,23,27)(H,24,26);1H,(H,2,3)/t12?,13?,15-,16-,17-,18-;/m1./s1. The minimum atomic E-state index is -0.622. The van der Waals surface area contributed by atoms with Gasteiger partial charge in [-0.25, -0.2) is 9.97 Å². The predicted octanol–water partition coefficient (Wildman–Crippen LogP) is -0.274. The minimum absolute atomic E-state index is 0.00364. The molecule has 4 atom stereocenters. The summed E-state index contributed by atoms with van der Waals surface area (Å²) in [5.41, 5.74) is 1.14. The van der Waals surface area contributed by atoms with Gasteiger partial charge in [0, 0.05) is 17.7 Å². The Morgan fingerprint density at radius 2 is 1.72 bits per heavy atom. The third-order valence-electron chi connectivity index (χ3n) is 5.99. The predicted molar refractivity (Wildman–Crippen MR) is 111 cm³/mol. The molecule has 3 fully saturated rings. The van der Waals surface area contributed by atoms with E-state index < -0.39 is 6.10 Å². The van der Waals surface area contributed by atoms with E-state index in [2.05, 4.69) is 20.6 Å². The van der Waals surface area contributed by atoms with Gasteiger partial charge >= 0.3 is 0 Å². The zero-order chi connectivity index (χ0) is 23.3. The average molecular weight is 450 g/mol. The van der Waals surface area contributed by atoms with Crippen LogP contribution in [0.1, 0.15) is 47.7 Å². The van der Waals surface area contributed by atoms with Crippen molar-refractivity contribution in [2.24, 2.45) is 5.92 Å². The SMILES string of the molecule is Cc1cc(C(=O)NC2CCC(C(=O)N[C@@H]3CO[C@H]4[C@@H]3OC[C@H]4O)CC2)nc(C)n1.O=CO. The summed E-state index contributed by atoms with van der Waals surface area (Å²) in [7, 11) is 0. The van der Waals surface area contributed by atoms with Gasteiger partial charge in [-0.2, -0.15) is 0 Å². The van der Waals surface area contributed by atoms with Gasteiger partial charge in [-0.1, -0.05) is 0 Å². The number of carbonyl (C=O) groups excluding carboxylic acids is 2. The maximum atomic E-state index is 12.7. The number of rotatable bonds is 4. The molecule has 0 spiro atoms. The van der Waals surface area contributed by atoms with Crippen molar-refractivity contribution >= 4 is 18.3 Å². The van der Waals surface area contributed by atoms with Gasteiger partial charge in [0.05, 0.1) is 19.3 Å². The Morgan fingerprint density at radius 3 is 2.38 bits per heavy atom. The Morgan fingerprint density at radius 1 is 1.06 bits per heavy atom. The van der Waals surface area contributed by atoms with Crippen LogP contribution in [0.5, 0.6) is 0 Å². The third-order valence-corrected chi connectivity index (χ3v) is 5.99. The van der Waals surface area contributed by atoms with Crippen LogP contribution in [0.2, 0.25) is 0 Å². The molecule has 11 nitrogen and oxygen atoms in total. The summed E-state index contributed by atoms with van der Waals surface area (Å²) < 4.78 is 11.1. The molecule has 4 rings (SSSR count). The van der Waals surface area contributed by atoms with Crippen molar-refractivity contribution in [2.45, 2.75) is 69.9 Å². The maximum absolute atomic E-state index is 12.7. The monoisotopic (exact) mass is 450 g/mol. The molecule has 2 saturated heterocycles. The first kappa shape index (κ1) is 24.0. The number of carboxylic acid groups (broad SMARTS) is 1. The average Bonchev–Trinajstić information content (AvgIpc) is 3.31. The fraction of sp³-hybridized carbons (Fsp3) is 0.667. The summed E-state index contributed by atoms with van der Waals surface area (Å²) in [5.74, 6) is 0.290. The second-order valence-electron chi connectivity index (χ2n) is 8.35. The van der Waals surface area contributed by atoms with E-state index in [1.165, 1.54) is 0 Å². The summed E-state index contributed by atoms with van der Waals surface area (Å²) in [6.07, 6.45) is 1.67. The van der Waals surface area contributed by atoms with Gasteiger partial charge in [0.2, 0.25) is 5.91 Å². The second-order valence-corrected chi connectivity index (χ2v) is 8.35. The van der Waals surface area contributed by atoms with Crippen molar-refractivity contribution in [3.63, 3.8) is 0 Å². The van der Waals surface area contributed by atoms with E-state index in [1.54, 1.807) is 13.0 Å². The molecule has 0 bridgehead atoms. The van der Waals surface area contributed by atoms with Gasteiger partial charge in [-0.05, 0) is 45.6 Å². The molecule has 1 aliphatic carbocycles. The lowest BCUT2D eigenvalue weighted by molar-refractivity contribution is -0.127. The van der Waals surface area contributed by atoms with Gasteiger partial charge < -0.3 is 30.3 Å². The van der Waals surface area contributed by atoms with E-state index in [1.807, 2.05) is 6.92 Å². The van der Waals surface area contributed by atoms with Gasteiger partial charge in [-0.3, -0.25) is 14.4 Å². The first-order chi connectivity index (χ1) is 15.3. The highest BCUT2D eigenvalue weighted by molar-refractivity contribution is 5.92.